The van der Waals surface area contributed by atoms with Gasteiger partial charge in [0.25, 0.3) is 5.91 Å². The molecular weight excluding hydrogens is 288 g/mol. The van der Waals surface area contributed by atoms with E-state index in [0.717, 1.165) is 41.6 Å². The molecule has 0 bridgehead atoms. The Hall–Kier alpha value is -2.88. The first kappa shape index (κ1) is 13.8. The van der Waals surface area contributed by atoms with Crippen LogP contribution in [0.5, 0.6) is 0 Å². The van der Waals surface area contributed by atoms with Crippen molar-refractivity contribution < 1.29 is 9.32 Å². The van der Waals surface area contributed by atoms with Gasteiger partial charge in [0, 0.05) is 11.1 Å². The van der Waals surface area contributed by atoms with E-state index in [1.165, 1.54) is 0 Å². The Morgan fingerprint density at radius 3 is 2.48 bits per heavy atom. The molecule has 0 saturated heterocycles. The van der Waals surface area contributed by atoms with E-state index < -0.39 is 0 Å². The van der Waals surface area contributed by atoms with Crippen molar-refractivity contribution in [3.63, 3.8) is 0 Å². The van der Waals surface area contributed by atoms with Crippen molar-refractivity contribution in [2.75, 3.05) is 5.32 Å². The lowest BCUT2D eigenvalue weighted by molar-refractivity contribution is 0.102. The summed E-state index contributed by atoms with van der Waals surface area (Å²) in [6.07, 6.45) is 2.92. The van der Waals surface area contributed by atoms with E-state index in [1.54, 1.807) is 0 Å². The zero-order valence-corrected chi connectivity index (χ0v) is 12.6. The minimum Gasteiger partial charge on any atom is -0.338 e. The summed E-state index contributed by atoms with van der Waals surface area (Å²) in [5.74, 6) is 0.324. The fraction of sp³-hybridized carbons (Fsp3) is 0.158. The van der Waals surface area contributed by atoms with Gasteiger partial charge >= 0.3 is 0 Å². The van der Waals surface area contributed by atoms with E-state index in [0.29, 0.717) is 11.4 Å². The van der Waals surface area contributed by atoms with E-state index in [-0.39, 0.29) is 5.91 Å². The van der Waals surface area contributed by atoms with Crippen LogP contribution in [0, 0.1) is 0 Å². The Balaban J connectivity index is 1.52. The molecule has 0 radical (unpaired) electrons. The van der Waals surface area contributed by atoms with Gasteiger partial charge in [-0.1, -0.05) is 47.6 Å². The second-order valence-corrected chi connectivity index (χ2v) is 5.69. The molecule has 1 amide bonds. The van der Waals surface area contributed by atoms with Gasteiger partial charge in [-0.25, -0.2) is 0 Å². The zero-order chi connectivity index (χ0) is 15.6. The minimum atomic E-state index is -0.171. The third-order valence-electron chi connectivity index (χ3n) is 4.19. The number of carbonyl (C=O) groups is 1. The highest BCUT2D eigenvalue weighted by atomic mass is 16.5. The molecule has 4 heteroatoms. The van der Waals surface area contributed by atoms with Crippen LogP contribution < -0.4 is 5.32 Å². The molecule has 1 aromatic heterocycles. The summed E-state index contributed by atoms with van der Waals surface area (Å²) in [5.41, 5.74) is 4.84. The number of carbonyl (C=O) groups excluding carboxylic acids is 1. The van der Waals surface area contributed by atoms with Crippen LogP contribution in [0.2, 0.25) is 0 Å². The minimum absolute atomic E-state index is 0.171. The molecule has 3 aromatic rings. The highest BCUT2D eigenvalue weighted by Crippen LogP contribution is 2.28. The molecular formula is C19H16N2O2. The van der Waals surface area contributed by atoms with E-state index >= 15 is 0 Å². The molecule has 0 saturated carbocycles. The Bertz CT molecular complexity index is 836. The number of hydrogen-bond acceptors (Lipinski definition) is 3. The molecule has 0 atom stereocenters. The quantitative estimate of drug-likeness (QED) is 0.793. The van der Waals surface area contributed by atoms with Crippen LogP contribution >= 0.6 is 0 Å². The first-order valence-corrected chi connectivity index (χ1v) is 7.75. The number of nitrogens with one attached hydrogen (secondary N) is 1. The van der Waals surface area contributed by atoms with Crippen molar-refractivity contribution in [3.05, 3.63) is 71.4 Å². The number of anilines is 1. The molecule has 23 heavy (non-hydrogen) atoms. The summed E-state index contributed by atoms with van der Waals surface area (Å²) in [7, 11) is 0. The molecule has 4 nitrogen and oxygen atoms in total. The van der Waals surface area contributed by atoms with E-state index in [4.69, 9.17) is 4.52 Å². The number of rotatable bonds is 3. The maximum absolute atomic E-state index is 12.4. The van der Waals surface area contributed by atoms with Crippen molar-refractivity contribution >= 4 is 11.8 Å². The fourth-order valence-corrected chi connectivity index (χ4v) is 2.95. The van der Waals surface area contributed by atoms with Gasteiger partial charge in [0.05, 0.1) is 5.69 Å². The lowest BCUT2D eigenvalue weighted by Crippen LogP contribution is -2.12. The molecule has 1 aliphatic rings. The summed E-state index contributed by atoms with van der Waals surface area (Å²) in [4.78, 5) is 12.4. The van der Waals surface area contributed by atoms with Crippen LogP contribution in [0.1, 0.15) is 28.0 Å². The van der Waals surface area contributed by atoms with Crippen molar-refractivity contribution in [1.29, 1.82) is 0 Å². The predicted octanol–water partition coefficient (Wildman–Crippen LogP) is 4.08. The van der Waals surface area contributed by atoms with Gasteiger partial charge in [-0.2, -0.15) is 0 Å². The number of hydrogen-bond donors (Lipinski definition) is 1. The summed E-state index contributed by atoms with van der Waals surface area (Å²) in [6, 6.07) is 17.6. The van der Waals surface area contributed by atoms with Gasteiger partial charge in [-0.15, -0.1) is 0 Å². The highest BCUT2D eigenvalue weighted by Gasteiger charge is 2.22. The normalized spacial score (nSPS) is 12.9. The summed E-state index contributed by atoms with van der Waals surface area (Å²) >= 11 is 0. The molecule has 114 valence electrons. The predicted molar refractivity (Wildman–Crippen MR) is 88.4 cm³/mol. The van der Waals surface area contributed by atoms with Crippen molar-refractivity contribution in [2.45, 2.75) is 19.3 Å². The fourth-order valence-electron chi connectivity index (χ4n) is 2.95. The van der Waals surface area contributed by atoms with Crippen LogP contribution in [-0.2, 0) is 12.8 Å². The molecule has 1 N–H and O–H groups in total. The molecule has 0 fully saturated rings. The van der Waals surface area contributed by atoms with E-state index in [2.05, 4.69) is 10.5 Å². The van der Waals surface area contributed by atoms with Gasteiger partial charge in [-0.05, 0) is 42.5 Å². The van der Waals surface area contributed by atoms with Crippen LogP contribution in [0.4, 0.5) is 5.88 Å². The van der Waals surface area contributed by atoms with Gasteiger partial charge < -0.3 is 4.52 Å². The number of nitrogens with zero attached hydrogens (tertiary/aromatic N) is 1. The number of benzene rings is 2. The second-order valence-electron chi connectivity index (χ2n) is 5.69. The van der Waals surface area contributed by atoms with Crippen molar-refractivity contribution in [1.82, 2.24) is 5.16 Å². The highest BCUT2D eigenvalue weighted by molar-refractivity contribution is 6.04. The third-order valence-corrected chi connectivity index (χ3v) is 4.19. The first-order chi connectivity index (χ1) is 11.3. The Morgan fingerprint density at radius 1 is 0.957 bits per heavy atom. The molecule has 1 heterocycles. The Labute approximate surface area is 134 Å². The number of aromatic nitrogens is 1. The number of aryl methyl sites for hydroxylation is 1. The second kappa shape index (κ2) is 5.72. The SMILES string of the molecule is O=C(Nc1onc2c1CCC2)c1ccc(-c2ccccc2)cc1. The van der Waals surface area contributed by atoms with Gasteiger partial charge in [0.1, 0.15) is 0 Å². The smallest absolute Gasteiger partial charge is 0.258 e. The van der Waals surface area contributed by atoms with Crippen molar-refractivity contribution in [2.24, 2.45) is 0 Å². The molecule has 0 aliphatic heterocycles. The zero-order valence-electron chi connectivity index (χ0n) is 12.6. The Morgan fingerprint density at radius 2 is 1.70 bits per heavy atom. The first-order valence-electron chi connectivity index (χ1n) is 7.75. The van der Waals surface area contributed by atoms with Gasteiger partial charge in [0.2, 0.25) is 5.88 Å². The van der Waals surface area contributed by atoms with Gasteiger partial charge in [0.15, 0.2) is 0 Å². The lowest BCUT2D eigenvalue weighted by atomic mass is 10.0. The molecule has 2 aromatic carbocycles. The molecule has 0 unspecified atom stereocenters. The summed E-state index contributed by atoms with van der Waals surface area (Å²) in [6.45, 7) is 0. The topological polar surface area (TPSA) is 55.1 Å². The standard InChI is InChI=1S/C19H16N2O2/c22-18(20-19-16-7-4-8-17(16)21-23-19)15-11-9-14(10-12-15)13-5-2-1-3-6-13/h1-3,5-6,9-12H,4,7-8H2,(H,20,22). The largest absolute Gasteiger partial charge is 0.338 e. The summed E-state index contributed by atoms with van der Waals surface area (Å²) in [5, 5.41) is 6.84. The lowest BCUT2D eigenvalue weighted by Gasteiger charge is -2.05. The van der Waals surface area contributed by atoms with Crippen LogP contribution in [-0.4, -0.2) is 11.1 Å². The molecule has 0 spiro atoms. The van der Waals surface area contributed by atoms with Crippen LogP contribution in [0.25, 0.3) is 11.1 Å². The third kappa shape index (κ3) is 2.63. The van der Waals surface area contributed by atoms with E-state index in [1.807, 2.05) is 54.6 Å². The number of fused-ring (bicyclic) bond motifs is 1. The maximum Gasteiger partial charge on any atom is 0.258 e. The van der Waals surface area contributed by atoms with Crippen LogP contribution in [0.3, 0.4) is 0 Å². The van der Waals surface area contributed by atoms with Crippen molar-refractivity contribution in [3.8, 4) is 11.1 Å². The summed E-state index contributed by atoms with van der Waals surface area (Å²) < 4.78 is 5.24. The Kier molecular flexibility index (Phi) is 3.42. The monoisotopic (exact) mass is 304 g/mol. The van der Waals surface area contributed by atoms with E-state index in [9.17, 15) is 4.79 Å². The maximum atomic E-state index is 12.4. The average molecular weight is 304 g/mol. The molecule has 1 aliphatic carbocycles. The molecule has 4 rings (SSSR count). The number of amides is 1. The van der Waals surface area contributed by atoms with Gasteiger partial charge in [-0.3, -0.25) is 10.1 Å². The van der Waals surface area contributed by atoms with Crippen LogP contribution in [0.15, 0.2) is 59.1 Å². The average Bonchev–Trinajstić information content (AvgIpc) is 3.21.